The van der Waals surface area contributed by atoms with Gasteiger partial charge in [-0.05, 0) is 17.7 Å². The maximum atomic E-state index is 11.9. The lowest BCUT2D eigenvalue weighted by atomic mass is 10.0. The van der Waals surface area contributed by atoms with Crippen molar-refractivity contribution in [3.63, 3.8) is 0 Å². The van der Waals surface area contributed by atoms with Crippen LogP contribution in [0.3, 0.4) is 0 Å². The summed E-state index contributed by atoms with van der Waals surface area (Å²) in [6.07, 6.45) is 2.42. The van der Waals surface area contributed by atoms with Gasteiger partial charge in [-0.15, -0.1) is 6.58 Å². The molecule has 0 radical (unpaired) electrons. The van der Waals surface area contributed by atoms with Crippen LogP contribution in [0.4, 0.5) is 10.5 Å². The first-order valence-corrected chi connectivity index (χ1v) is 7.10. The van der Waals surface area contributed by atoms with Gasteiger partial charge in [-0.25, -0.2) is 10.3 Å². The number of amides is 3. The van der Waals surface area contributed by atoms with Crippen LogP contribution in [0, 0.1) is 0 Å². The molecule has 0 spiro atoms. The van der Waals surface area contributed by atoms with Gasteiger partial charge in [0.25, 0.3) is 5.24 Å². The monoisotopic (exact) mass is 317 g/mol. The number of benzene rings is 1. The van der Waals surface area contributed by atoms with E-state index >= 15 is 0 Å². The molecular weight excluding hydrogens is 302 g/mol. The van der Waals surface area contributed by atoms with E-state index in [-0.39, 0.29) is 12.3 Å². The highest BCUT2D eigenvalue weighted by molar-refractivity contribution is 7.97. The smallest absolute Gasteiger partial charge is 0.274 e. The largest absolute Gasteiger partial charge is 0.289 e. The number of anilines is 1. The van der Waals surface area contributed by atoms with Crippen LogP contribution in [0.25, 0.3) is 0 Å². The number of hydrogen-bond acceptors (Lipinski definition) is 4. The minimum Gasteiger partial charge on any atom is -0.274 e. The number of carbonyl (C=O) groups is 3. The highest BCUT2D eigenvalue weighted by Gasteiger charge is 2.20. The summed E-state index contributed by atoms with van der Waals surface area (Å²) in [5.41, 5.74) is 4.44. The lowest BCUT2D eigenvalue weighted by molar-refractivity contribution is -0.121. The number of hydrazone groups is 1. The Hall–Kier alpha value is -2.41. The van der Waals surface area contributed by atoms with E-state index in [4.69, 9.17) is 0 Å². The van der Waals surface area contributed by atoms with Crippen molar-refractivity contribution >= 4 is 41.1 Å². The van der Waals surface area contributed by atoms with E-state index in [2.05, 4.69) is 29.7 Å². The van der Waals surface area contributed by atoms with E-state index in [0.29, 0.717) is 18.5 Å². The van der Waals surface area contributed by atoms with E-state index in [9.17, 15) is 14.4 Å². The summed E-state index contributed by atoms with van der Waals surface area (Å²) in [6, 6.07) is 6.78. The van der Waals surface area contributed by atoms with Gasteiger partial charge in [-0.2, -0.15) is 5.10 Å². The molecule has 0 unspecified atom stereocenters. The van der Waals surface area contributed by atoms with Crippen LogP contribution in [0.2, 0.25) is 0 Å². The second-order valence-corrected chi connectivity index (χ2v) is 5.03. The Labute approximate surface area is 133 Å². The van der Waals surface area contributed by atoms with Crippen LogP contribution in [0.5, 0.6) is 0 Å². The van der Waals surface area contributed by atoms with Crippen LogP contribution < -0.4 is 10.3 Å². The molecule has 1 aromatic rings. The zero-order chi connectivity index (χ0) is 16.1. The van der Waals surface area contributed by atoms with Gasteiger partial charge in [0.2, 0.25) is 11.8 Å². The lowest BCUT2D eigenvalue weighted by Gasteiger charge is -2.18. The molecule has 1 heterocycles. The maximum Gasteiger partial charge on any atom is 0.289 e. The third-order valence-electron chi connectivity index (χ3n) is 3.12. The summed E-state index contributed by atoms with van der Waals surface area (Å²) in [7, 11) is 0. The number of carbonyl (C=O) groups excluding carboxylic acids is 3. The van der Waals surface area contributed by atoms with Gasteiger partial charge in [0, 0.05) is 19.3 Å². The quantitative estimate of drug-likeness (QED) is 0.660. The predicted octanol–water partition coefficient (Wildman–Crippen LogP) is 2.26. The Bertz CT molecular complexity index is 653. The predicted molar refractivity (Wildman–Crippen MR) is 87.0 cm³/mol. The molecule has 0 bridgehead atoms. The van der Waals surface area contributed by atoms with Crippen molar-refractivity contribution < 1.29 is 14.4 Å². The average molecular weight is 317 g/mol. The van der Waals surface area contributed by atoms with Crippen LogP contribution in [0.15, 0.2) is 42.0 Å². The zero-order valence-electron chi connectivity index (χ0n) is 11.8. The van der Waals surface area contributed by atoms with Gasteiger partial charge in [-0.3, -0.25) is 14.4 Å². The number of imide groups is 1. The topological polar surface area (TPSA) is 78.8 Å². The van der Waals surface area contributed by atoms with E-state index in [1.807, 2.05) is 0 Å². The number of rotatable bonds is 4. The Morgan fingerprint density at radius 3 is 2.50 bits per heavy atom. The van der Waals surface area contributed by atoms with Crippen molar-refractivity contribution in [2.75, 3.05) is 4.90 Å². The molecule has 1 aliphatic rings. The summed E-state index contributed by atoms with van der Waals surface area (Å²) in [4.78, 5) is 35.5. The normalized spacial score (nSPS) is 13.9. The summed E-state index contributed by atoms with van der Waals surface area (Å²) in [5.74, 6) is -0.507. The van der Waals surface area contributed by atoms with Crippen molar-refractivity contribution in [2.24, 2.45) is 5.10 Å². The maximum absolute atomic E-state index is 11.9. The number of hydrogen-bond donors (Lipinski definition) is 2. The Morgan fingerprint density at radius 1 is 1.32 bits per heavy atom. The first-order chi connectivity index (χ1) is 10.5. The molecule has 7 heteroatoms. The van der Waals surface area contributed by atoms with Gasteiger partial charge >= 0.3 is 0 Å². The van der Waals surface area contributed by atoms with E-state index in [1.165, 1.54) is 6.08 Å². The van der Waals surface area contributed by atoms with Gasteiger partial charge in [0.05, 0.1) is 11.4 Å². The molecular formula is C15H15N3O3S. The Kier molecular flexibility index (Phi) is 5.11. The summed E-state index contributed by atoms with van der Waals surface area (Å²) < 4.78 is 0. The van der Waals surface area contributed by atoms with Crippen LogP contribution in [-0.2, 0) is 9.59 Å². The van der Waals surface area contributed by atoms with Crippen molar-refractivity contribution in [3.8, 4) is 0 Å². The van der Waals surface area contributed by atoms with Crippen LogP contribution in [0.1, 0.15) is 24.8 Å². The molecule has 2 rings (SSSR count). The number of nitrogens with zero attached hydrogens (tertiary/aromatic N) is 2. The van der Waals surface area contributed by atoms with E-state index in [1.54, 1.807) is 24.3 Å². The van der Waals surface area contributed by atoms with Crippen molar-refractivity contribution in [2.45, 2.75) is 19.3 Å². The third kappa shape index (κ3) is 3.62. The molecule has 0 saturated heterocycles. The minimum atomic E-state index is -0.651. The fraction of sp³-hybridized carbons (Fsp3) is 0.200. The van der Waals surface area contributed by atoms with Gasteiger partial charge in [-0.1, -0.05) is 30.8 Å². The average Bonchev–Trinajstić information content (AvgIpc) is 2.49. The lowest BCUT2D eigenvalue weighted by Crippen LogP contribution is -2.32. The van der Waals surface area contributed by atoms with Crippen molar-refractivity contribution in [1.82, 2.24) is 5.43 Å². The summed E-state index contributed by atoms with van der Waals surface area (Å²) in [6.45, 7) is 3.48. The van der Waals surface area contributed by atoms with Gasteiger partial charge in [0.1, 0.15) is 0 Å². The first-order valence-electron chi connectivity index (χ1n) is 6.65. The third-order valence-corrected chi connectivity index (χ3v) is 3.32. The SMILES string of the molecule is C=CCC(=O)N(C(=O)S)c1ccc(C2=NNC(=O)CC2)cc1. The van der Waals surface area contributed by atoms with E-state index < -0.39 is 11.1 Å². The first kappa shape index (κ1) is 16.0. The van der Waals surface area contributed by atoms with Crippen LogP contribution in [-0.4, -0.2) is 22.8 Å². The van der Waals surface area contributed by atoms with Crippen LogP contribution >= 0.6 is 12.6 Å². The highest BCUT2D eigenvalue weighted by Crippen LogP contribution is 2.20. The Morgan fingerprint density at radius 2 is 2.00 bits per heavy atom. The molecule has 0 aliphatic carbocycles. The minimum absolute atomic E-state index is 0.0484. The van der Waals surface area contributed by atoms with Gasteiger partial charge in [0.15, 0.2) is 0 Å². The fourth-order valence-electron chi connectivity index (χ4n) is 2.06. The number of nitrogens with one attached hydrogen (secondary N) is 1. The summed E-state index contributed by atoms with van der Waals surface area (Å²) in [5, 5.41) is 3.35. The van der Waals surface area contributed by atoms with Crippen molar-refractivity contribution in [3.05, 3.63) is 42.5 Å². The molecule has 0 atom stereocenters. The molecule has 1 aliphatic heterocycles. The number of thiol groups is 1. The second kappa shape index (κ2) is 7.04. The molecule has 0 fully saturated rings. The highest BCUT2D eigenvalue weighted by atomic mass is 32.1. The molecule has 22 heavy (non-hydrogen) atoms. The molecule has 6 nitrogen and oxygen atoms in total. The molecule has 114 valence electrons. The summed E-state index contributed by atoms with van der Waals surface area (Å²) >= 11 is 3.73. The molecule has 3 amide bonds. The fourth-order valence-corrected chi connectivity index (χ4v) is 2.29. The zero-order valence-corrected chi connectivity index (χ0v) is 12.7. The molecule has 0 aromatic heterocycles. The standard InChI is InChI=1S/C15H15N3O3S/c1-2-3-14(20)18(15(21)22)11-6-4-10(5-7-11)12-8-9-13(19)17-16-12/h2,4-7H,1,3,8-9H2,(H,17,19)(H,21,22). The Balaban J connectivity index is 2.23. The van der Waals surface area contributed by atoms with Gasteiger partial charge < -0.3 is 0 Å². The molecule has 1 N–H and O–H groups in total. The van der Waals surface area contributed by atoms with Crippen molar-refractivity contribution in [1.29, 1.82) is 0 Å². The molecule has 1 aromatic carbocycles. The second-order valence-electron chi connectivity index (χ2n) is 4.64. The van der Waals surface area contributed by atoms with E-state index in [0.717, 1.165) is 16.2 Å². The molecule has 0 saturated carbocycles.